The van der Waals surface area contributed by atoms with Gasteiger partial charge in [0.25, 0.3) is 0 Å². The summed E-state index contributed by atoms with van der Waals surface area (Å²) < 4.78 is 18.7. The Morgan fingerprint density at radius 1 is 1.41 bits per heavy atom. The van der Waals surface area contributed by atoms with E-state index in [9.17, 15) is 4.79 Å². The molecular formula is C19H24ClN5O4. The van der Waals surface area contributed by atoms with E-state index in [2.05, 4.69) is 26.8 Å². The van der Waals surface area contributed by atoms with Crippen molar-refractivity contribution in [3.8, 4) is 0 Å². The number of carbonyl (C=O) groups is 1. The summed E-state index contributed by atoms with van der Waals surface area (Å²) in [4.78, 5) is 25.0. The van der Waals surface area contributed by atoms with Crippen LogP contribution in [0, 0.1) is 5.92 Å². The molecule has 1 saturated carbocycles. The summed E-state index contributed by atoms with van der Waals surface area (Å²) in [5.41, 5.74) is 1.32. The summed E-state index contributed by atoms with van der Waals surface area (Å²) in [6.07, 6.45) is 1.54. The molecule has 4 atom stereocenters. The number of imidazole rings is 1. The van der Waals surface area contributed by atoms with E-state index < -0.39 is 11.7 Å². The Morgan fingerprint density at radius 3 is 2.90 bits per heavy atom. The predicted octanol–water partition coefficient (Wildman–Crippen LogP) is 3.71. The van der Waals surface area contributed by atoms with Gasteiger partial charge in [-0.05, 0) is 39.7 Å². The normalized spacial score (nSPS) is 27.1. The summed E-state index contributed by atoms with van der Waals surface area (Å²) in [7, 11) is 0. The maximum Gasteiger partial charge on any atom is 0.414 e. The first-order valence-corrected chi connectivity index (χ1v) is 9.86. The van der Waals surface area contributed by atoms with Crippen molar-refractivity contribution in [2.24, 2.45) is 5.92 Å². The number of nitrogens with one attached hydrogen (secondary N) is 1. The smallest absolute Gasteiger partial charge is 0.414 e. The lowest BCUT2D eigenvalue weighted by Crippen LogP contribution is -2.35. The average Bonchev–Trinajstić information content (AvgIpc) is 3.14. The maximum absolute atomic E-state index is 12.1. The van der Waals surface area contributed by atoms with Gasteiger partial charge in [0.2, 0.25) is 5.95 Å². The Hall–Kier alpha value is -2.23. The molecule has 0 bridgehead atoms. The third-order valence-electron chi connectivity index (χ3n) is 5.01. The first-order chi connectivity index (χ1) is 13.6. The number of fused-ring (bicyclic) bond motifs is 2. The SMILES string of the molecule is C=C1C2CO[C@H](C)O[C@H]2C[C@@H]1n1cnc2c(Cl)nc(NC(=O)OC(C)(C)C)nc21. The van der Waals surface area contributed by atoms with E-state index in [1.54, 1.807) is 27.1 Å². The van der Waals surface area contributed by atoms with Gasteiger partial charge in [-0.3, -0.25) is 5.32 Å². The van der Waals surface area contributed by atoms with Crippen molar-refractivity contribution < 1.29 is 19.0 Å². The summed E-state index contributed by atoms with van der Waals surface area (Å²) in [6.45, 7) is 12.1. The van der Waals surface area contributed by atoms with Crippen LogP contribution in [0.1, 0.15) is 40.2 Å². The summed E-state index contributed by atoms with van der Waals surface area (Å²) in [6, 6.07) is -0.0655. The highest BCUT2D eigenvalue weighted by Crippen LogP contribution is 2.44. The molecule has 1 N–H and O–H groups in total. The first kappa shape index (κ1) is 20.1. The standard InChI is InChI=1S/C19H24ClN5O4/c1-9-11-7-27-10(2)28-13(11)6-12(9)25-8-21-14-15(20)22-17(23-16(14)25)24-18(26)29-19(3,4)5/h8,10-13H,1,6-7H2,2-5H3,(H,22,23,24,26)/t10-,11?,12-,13-/m0/s1. The molecule has 0 radical (unpaired) electrons. The van der Waals surface area contributed by atoms with E-state index in [1.807, 2.05) is 11.5 Å². The molecule has 2 aromatic heterocycles. The Kier molecular flexibility index (Phi) is 5.00. The number of rotatable bonds is 2. The highest BCUT2D eigenvalue weighted by atomic mass is 35.5. The fraction of sp³-hybridized carbons (Fsp3) is 0.579. The van der Waals surface area contributed by atoms with Crippen molar-refractivity contribution in [3.05, 3.63) is 23.6 Å². The number of halogens is 1. The third-order valence-corrected chi connectivity index (χ3v) is 5.28. The molecule has 9 nitrogen and oxygen atoms in total. The zero-order valence-electron chi connectivity index (χ0n) is 16.8. The molecule has 2 aliphatic rings. The average molecular weight is 422 g/mol. The highest BCUT2D eigenvalue weighted by molar-refractivity contribution is 6.33. The molecule has 1 unspecified atom stereocenters. The van der Waals surface area contributed by atoms with Crippen LogP contribution in [0.3, 0.4) is 0 Å². The van der Waals surface area contributed by atoms with Gasteiger partial charge in [-0.1, -0.05) is 18.2 Å². The summed E-state index contributed by atoms with van der Waals surface area (Å²) >= 11 is 6.29. The van der Waals surface area contributed by atoms with E-state index >= 15 is 0 Å². The monoisotopic (exact) mass is 421 g/mol. The Labute approximate surface area is 173 Å². The largest absolute Gasteiger partial charge is 0.444 e. The van der Waals surface area contributed by atoms with Crippen molar-refractivity contribution in [1.29, 1.82) is 0 Å². The Balaban J connectivity index is 1.63. The lowest BCUT2D eigenvalue weighted by atomic mass is 10.0. The van der Waals surface area contributed by atoms with Crippen LogP contribution < -0.4 is 5.32 Å². The van der Waals surface area contributed by atoms with Crippen LogP contribution in [-0.4, -0.2) is 50.2 Å². The molecule has 2 fully saturated rings. The van der Waals surface area contributed by atoms with Crippen LogP contribution in [0.2, 0.25) is 5.15 Å². The van der Waals surface area contributed by atoms with E-state index in [1.165, 1.54) is 0 Å². The molecule has 10 heteroatoms. The second kappa shape index (κ2) is 7.23. The number of carbonyl (C=O) groups excluding carboxylic acids is 1. The zero-order chi connectivity index (χ0) is 20.9. The predicted molar refractivity (Wildman–Crippen MR) is 107 cm³/mol. The van der Waals surface area contributed by atoms with Crippen LogP contribution in [0.25, 0.3) is 11.2 Å². The van der Waals surface area contributed by atoms with E-state index in [-0.39, 0.29) is 35.5 Å². The van der Waals surface area contributed by atoms with Crippen molar-refractivity contribution in [3.63, 3.8) is 0 Å². The summed E-state index contributed by atoms with van der Waals surface area (Å²) in [5, 5.41) is 2.68. The molecular weight excluding hydrogens is 398 g/mol. The van der Waals surface area contributed by atoms with Gasteiger partial charge in [0.05, 0.1) is 25.1 Å². The molecule has 1 saturated heterocycles. The fourth-order valence-electron chi connectivity index (χ4n) is 3.76. The Morgan fingerprint density at radius 2 is 2.17 bits per heavy atom. The minimum Gasteiger partial charge on any atom is -0.444 e. The van der Waals surface area contributed by atoms with E-state index in [0.29, 0.717) is 17.8 Å². The number of hydrogen-bond acceptors (Lipinski definition) is 7. The van der Waals surface area contributed by atoms with Gasteiger partial charge in [0.1, 0.15) is 11.1 Å². The first-order valence-electron chi connectivity index (χ1n) is 9.48. The third kappa shape index (κ3) is 3.94. The van der Waals surface area contributed by atoms with Crippen molar-refractivity contribution >= 4 is 34.8 Å². The van der Waals surface area contributed by atoms with Gasteiger partial charge in [-0.15, -0.1) is 0 Å². The van der Waals surface area contributed by atoms with Gasteiger partial charge in [0, 0.05) is 5.92 Å². The number of ether oxygens (including phenoxy) is 3. The fourth-order valence-corrected chi connectivity index (χ4v) is 3.98. The minimum atomic E-state index is -0.658. The van der Waals surface area contributed by atoms with Crippen LogP contribution in [0.15, 0.2) is 18.5 Å². The molecule has 1 amide bonds. The maximum atomic E-state index is 12.1. The van der Waals surface area contributed by atoms with Gasteiger partial charge in [-0.25, -0.2) is 9.78 Å². The van der Waals surface area contributed by atoms with E-state index in [4.69, 9.17) is 25.8 Å². The second-order valence-electron chi connectivity index (χ2n) is 8.30. The lowest BCUT2D eigenvalue weighted by Gasteiger charge is -2.30. The molecule has 2 aromatic rings. The zero-order valence-corrected chi connectivity index (χ0v) is 17.6. The van der Waals surface area contributed by atoms with Crippen molar-refractivity contribution in [2.45, 2.75) is 58.2 Å². The molecule has 29 heavy (non-hydrogen) atoms. The van der Waals surface area contributed by atoms with Crippen LogP contribution in [-0.2, 0) is 14.2 Å². The molecule has 1 aliphatic carbocycles. The topological polar surface area (TPSA) is 100 Å². The number of amides is 1. The quantitative estimate of drug-likeness (QED) is 0.582. The molecule has 4 rings (SSSR count). The van der Waals surface area contributed by atoms with E-state index in [0.717, 1.165) is 12.0 Å². The molecule has 0 aromatic carbocycles. The van der Waals surface area contributed by atoms with Crippen molar-refractivity contribution in [1.82, 2.24) is 19.5 Å². The van der Waals surface area contributed by atoms with Crippen LogP contribution in [0.5, 0.6) is 0 Å². The molecule has 0 spiro atoms. The molecule has 3 heterocycles. The Bertz CT molecular complexity index is 969. The minimum absolute atomic E-state index is 0.0327. The van der Waals surface area contributed by atoms with Crippen LogP contribution in [0.4, 0.5) is 10.7 Å². The van der Waals surface area contributed by atoms with Crippen molar-refractivity contribution in [2.75, 3.05) is 11.9 Å². The second-order valence-corrected chi connectivity index (χ2v) is 8.66. The van der Waals surface area contributed by atoms with Crippen LogP contribution >= 0.6 is 11.6 Å². The molecule has 156 valence electrons. The van der Waals surface area contributed by atoms with Gasteiger partial charge in [-0.2, -0.15) is 9.97 Å². The number of hydrogen-bond donors (Lipinski definition) is 1. The van der Waals surface area contributed by atoms with Gasteiger partial charge in [0.15, 0.2) is 17.1 Å². The summed E-state index contributed by atoms with van der Waals surface area (Å²) in [5.74, 6) is 0.165. The lowest BCUT2D eigenvalue weighted by molar-refractivity contribution is -0.215. The van der Waals surface area contributed by atoms with Gasteiger partial charge < -0.3 is 18.8 Å². The van der Waals surface area contributed by atoms with Gasteiger partial charge >= 0.3 is 6.09 Å². The highest BCUT2D eigenvalue weighted by Gasteiger charge is 2.43. The number of nitrogens with zero attached hydrogens (tertiary/aromatic N) is 4. The molecule has 1 aliphatic heterocycles. The number of aromatic nitrogens is 4. The number of anilines is 1.